The maximum atomic E-state index is 14.6. The lowest BCUT2D eigenvalue weighted by atomic mass is 9.92. The van der Waals surface area contributed by atoms with Crippen molar-refractivity contribution in [1.82, 2.24) is 14.8 Å². The van der Waals surface area contributed by atoms with Gasteiger partial charge in [-0.2, -0.15) is 4.98 Å². The van der Waals surface area contributed by atoms with Crippen molar-refractivity contribution >= 4 is 23.5 Å². The SMILES string of the molecule is CCc1ccc([C@H]2C[C@@H](c3c(F)cccc3Cl)n3nc(N)nc3N2)cc1. The number of nitrogens with one attached hydrogen (secondary N) is 1. The number of rotatable bonds is 3. The number of halogens is 2. The van der Waals surface area contributed by atoms with Crippen molar-refractivity contribution in [3.63, 3.8) is 0 Å². The first-order valence-electron chi connectivity index (χ1n) is 8.58. The molecule has 0 amide bonds. The molecule has 0 aliphatic carbocycles. The molecule has 0 spiro atoms. The molecule has 0 saturated carbocycles. The van der Waals surface area contributed by atoms with Crippen molar-refractivity contribution in [1.29, 1.82) is 0 Å². The van der Waals surface area contributed by atoms with E-state index in [0.717, 1.165) is 12.0 Å². The summed E-state index contributed by atoms with van der Waals surface area (Å²) < 4.78 is 16.2. The van der Waals surface area contributed by atoms with E-state index in [9.17, 15) is 4.39 Å². The Labute approximate surface area is 156 Å². The van der Waals surface area contributed by atoms with E-state index >= 15 is 0 Å². The van der Waals surface area contributed by atoms with Crippen LogP contribution in [0.4, 0.5) is 16.3 Å². The first-order valence-corrected chi connectivity index (χ1v) is 8.96. The highest BCUT2D eigenvalue weighted by atomic mass is 35.5. The quantitative estimate of drug-likeness (QED) is 0.717. The van der Waals surface area contributed by atoms with Crippen LogP contribution in [0.25, 0.3) is 0 Å². The third-order valence-corrected chi connectivity index (χ3v) is 5.16. The molecule has 1 aliphatic rings. The Bertz CT molecular complexity index is 917. The number of fused-ring (bicyclic) bond motifs is 1. The average molecular weight is 372 g/mol. The normalized spacial score (nSPS) is 19.0. The average Bonchev–Trinajstić information content (AvgIpc) is 3.02. The fourth-order valence-corrected chi connectivity index (χ4v) is 3.76. The summed E-state index contributed by atoms with van der Waals surface area (Å²) in [5.74, 6) is 0.305. The summed E-state index contributed by atoms with van der Waals surface area (Å²) in [5, 5.41) is 7.97. The van der Waals surface area contributed by atoms with E-state index in [1.807, 2.05) is 0 Å². The number of hydrogen-bond acceptors (Lipinski definition) is 4. The first kappa shape index (κ1) is 16.8. The molecule has 26 heavy (non-hydrogen) atoms. The molecule has 7 heteroatoms. The number of aromatic nitrogens is 3. The number of benzene rings is 2. The van der Waals surface area contributed by atoms with E-state index in [1.165, 1.54) is 11.6 Å². The third kappa shape index (κ3) is 2.90. The molecular formula is C19H19ClFN5. The predicted molar refractivity (Wildman–Crippen MR) is 101 cm³/mol. The zero-order valence-electron chi connectivity index (χ0n) is 14.3. The number of nitrogens with zero attached hydrogens (tertiary/aromatic N) is 3. The smallest absolute Gasteiger partial charge is 0.241 e. The number of nitrogen functional groups attached to an aromatic ring is 1. The van der Waals surface area contributed by atoms with Crippen LogP contribution in [-0.4, -0.2) is 14.8 Å². The summed E-state index contributed by atoms with van der Waals surface area (Å²) in [6.45, 7) is 2.12. The van der Waals surface area contributed by atoms with Gasteiger partial charge in [-0.15, -0.1) is 5.10 Å². The van der Waals surface area contributed by atoms with Crippen molar-refractivity contribution in [2.75, 3.05) is 11.1 Å². The molecule has 2 atom stereocenters. The Hall–Kier alpha value is -2.60. The van der Waals surface area contributed by atoms with E-state index in [0.29, 0.717) is 23.0 Å². The van der Waals surface area contributed by atoms with Gasteiger partial charge < -0.3 is 11.1 Å². The molecule has 0 unspecified atom stereocenters. The highest BCUT2D eigenvalue weighted by Crippen LogP contribution is 2.41. The van der Waals surface area contributed by atoms with Crippen LogP contribution in [0.1, 0.15) is 42.1 Å². The van der Waals surface area contributed by atoms with Gasteiger partial charge in [-0.3, -0.25) is 0 Å². The summed E-state index contributed by atoms with van der Waals surface area (Å²) in [6.07, 6.45) is 1.57. The molecule has 0 bridgehead atoms. The van der Waals surface area contributed by atoms with Crippen molar-refractivity contribution in [2.45, 2.75) is 31.8 Å². The largest absolute Gasteiger partial charge is 0.366 e. The molecule has 4 rings (SSSR count). The van der Waals surface area contributed by atoms with Gasteiger partial charge in [0.15, 0.2) is 0 Å². The van der Waals surface area contributed by atoms with Crippen LogP contribution in [0.3, 0.4) is 0 Å². The monoisotopic (exact) mass is 371 g/mol. The van der Waals surface area contributed by atoms with E-state index in [-0.39, 0.29) is 23.8 Å². The number of hydrogen-bond donors (Lipinski definition) is 2. The topological polar surface area (TPSA) is 68.8 Å². The number of nitrogens with two attached hydrogens (primary N) is 1. The molecule has 1 aliphatic heterocycles. The van der Waals surface area contributed by atoms with Crippen molar-refractivity contribution < 1.29 is 4.39 Å². The van der Waals surface area contributed by atoms with Gasteiger partial charge in [0, 0.05) is 10.6 Å². The molecule has 5 nitrogen and oxygen atoms in total. The standard InChI is InChI=1S/C19H19ClFN5/c1-2-11-6-8-12(9-7-11)15-10-16(17-13(20)4-3-5-14(17)21)26-19(23-15)24-18(22)25-26/h3-9,15-16H,2,10H2,1H3,(H3,22,23,24,25)/t15-,16+/m1/s1. The molecule has 2 aromatic carbocycles. The molecule has 2 heterocycles. The maximum Gasteiger partial charge on any atom is 0.241 e. The van der Waals surface area contributed by atoms with E-state index in [1.54, 1.807) is 16.8 Å². The van der Waals surface area contributed by atoms with Gasteiger partial charge in [-0.1, -0.05) is 48.9 Å². The van der Waals surface area contributed by atoms with Gasteiger partial charge in [0.05, 0.1) is 12.1 Å². The van der Waals surface area contributed by atoms with Crippen LogP contribution in [-0.2, 0) is 6.42 Å². The van der Waals surface area contributed by atoms with Gasteiger partial charge in [-0.05, 0) is 36.1 Å². The molecule has 0 radical (unpaired) electrons. The summed E-state index contributed by atoms with van der Waals surface area (Å²) >= 11 is 6.32. The summed E-state index contributed by atoms with van der Waals surface area (Å²) in [7, 11) is 0. The van der Waals surface area contributed by atoms with Crippen molar-refractivity contribution in [3.05, 3.63) is 70.0 Å². The van der Waals surface area contributed by atoms with Crippen molar-refractivity contribution in [3.8, 4) is 0 Å². The van der Waals surface area contributed by atoms with Crippen molar-refractivity contribution in [2.24, 2.45) is 0 Å². The first-order chi connectivity index (χ1) is 12.6. The van der Waals surface area contributed by atoms with Gasteiger partial charge in [0.2, 0.25) is 11.9 Å². The molecule has 0 saturated heterocycles. The van der Waals surface area contributed by atoms with E-state index in [4.69, 9.17) is 17.3 Å². The lowest BCUT2D eigenvalue weighted by Gasteiger charge is -2.32. The predicted octanol–water partition coefficient (Wildman–Crippen LogP) is 4.36. The second kappa shape index (κ2) is 6.61. The highest BCUT2D eigenvalue weighted by molar-refractivity contribution is 6.31. The summed E-state index contributed by atoms with van der Waals surface area (Å²) in [5.41, 5.74) is 8.57. The van der Waals surface area contributed by atoms with Gasteiger partial charge >= 0.3 is 0 Å². The molecule has 3 N–H and O–H groups in total. The van der Waals surface area contributed by atoms with Gasteiger partial charge in [0.25, 0.3) is 0 Å². The van der Waals surface area contributed by atoms with Crippen LogP contribution in [0, 0.1) is 5.82 Å². The van der Waals surface area contributed by atoms with Crippen LogP contribution in [0.2, 0.25) is 5.02 Å². The Kier molecular flexibility index (Phi) is 4.28. The molecule has 0 fully saturated rings. The Morgan fingerprint density at radius 3 is 2.73 bits per heavy atom. The molecule has 3 aromatic rings. The Morgan fingerprint density at radius 2 is 2.04 bits per heavy atom. The minimum atomic E-state index is -0.388. The van der Waals surface area contributed by atoms with Crippen LogP contribution >= 0.6 is 11.6 Å². The minimum absolute atomic E-state index is 0.0438. The number of anilines is 2. The maximum absolute atomic E-state index is 14.6. The highest BCUT2D eigenvalue weighted by Gasteiger charge is 2.33. The van der Waals surface area contributed by atoms with Gasteiger partial charge in [0.1, 0.15) is 5.82 Å². The zero-order chi connectivity index (χ0) is 18.3. The minimum Gasteiger partial charge on any atom is -0.366 e. The Morgan fingerprint density at radius 1 is 1.27 bits per heavy atom. The van der Waals surface area contributed by atoms with Gasteiger partial charge in [-0.25, -0.2) is 9.07 Å². The number of aryl methyl sites for hydroxylation is 1. The van der Waals surface area contributed by atoms with Crippen LogP contribution in [0.5, 0.6) is 0 Å². The second-order valence-electron chi connectivity index (χ2n) is 6.42. The molecule has 1 aromatic heterocycles. The van der Waals surface area contributed by atoms with Crippen LogP contribution < -0.4 is 11.1 Å². The second-order valence-corrected chi connectivity index (χ2v) is 6.82. The third-order valence-electron chi connectivity index (χ3n) is 4.83. The lowest BCUT2D eigenvalue weighted by Crippen LogP contribution is -2.28. The fraction of sp³-hybridized carbons (Fsp3) is 0.263. The van der Waals surface area contributed by atoms with E-state index in [2.05, 4.69) is 46.6 Å². The molecular weight excluding hydrogens is 353 g/mol. The Balaban J connectivity index is 1.78. The van der Waals surface area contributed by atoms with Crippen LogP contribution in [0.15, 0.2) is 42.5 Å². The lowest BCUT2D eigenvalue weighted by molar-refractivity contribution is 0.416. The summed E-state index contributed by atoms with van der Waals surface area (Å²) in [4.78, 5) is 4.25. The molecule has 134 valence electrons. The van der Waals surface area contributed by atoms with E-state index < -0.39 is 0 Å². The summed E-state index contributed by atoms with van der Waals surface area (Å²) in [6, 6.07) is 12.7. The fourth-order valence-electron chi connectivity index (χ4n) is 3.47. The zero-order valence-corrected chi connectivity index (χ0v) is 15.0.